The molecule has 1 aromatic carbocycles. The Morgan fingerprint density at radius 3 is 2.83 bits per heavy atom. The monoisotopic (exact) mass is 394 g/mol. The Balaban J connectivity index is 2.17. The SMILES string of the molecule is CCc1cc(Br)ccc1-n1nc(-c2cscn2)nc1C(F)CC. The first kappa shape index (κ1) is 16.3. The second-order valence-electron chi connectivity index (χ2n) is 5.08. The smallest absolute Gasteiger partial charge is 0.201 e. The van der Waals surface area contributed by atoms with Gasteiger partial charge >= 0.3 is 0 Å². The molecule has 23 heavy (non-hydrogen) atoms. The third kappa shape index (κ3) is 3.21. The largest absolute Gasteiger partial charge is 0.241 e. The first-order chi connectivity index (χ1) is 11.1. The fourth-order valence-electron chi connectivity index (χ4n) is 2.36. The lowest BCUT2D eigenvalue weighted by molar-refractivity contribution is 0.313. The van der Waals surface area contributed by atoms with Crippen LogP contribution in [0.5, 0.6) is 0 Å². The molecule has 0 saturated heterocycles. The van der Waals surface area contributed by atoms with Crippen molar-refractivity contribution in [2.24, 2.45) is 0 Å². The topological polar surface area (TPSA) is 43.6 Å². The molecule has 0 spiro atoms. The lowest BCUT2D eigenvalue weighted by Gasteiger charge is -2.12. The Labute approximate surface area is 146 Å². The number of rotatable bonds is 5. The normalized spacial score (nSPS) is 12.5. The van der Waals surface area contributed by atoms with E-state index in [-0.39, 0.29) is 0 Å². The van der Waals surface area contributed by atoms with Gasteiger partial charge in [-0.25, -0.2) is 19.0 Å². The number of aryl methyl sites for hydroxylation is 1. The Hall–Kier alpha value is -1.60. The number of hydrogen-bond donors (Lipinski definition) is 0. The average Bonchev–Trinajstić information content (AvgIpc) is 3.23. The Kier molecular flexibility index (Phi) is 4.87. The molecule has 0 bridgehead atoms. The van der Waals surface area contributed by atoms with Crippen LogP contribution >= 0.6 is 27.3 Å². The van der Waals surface area contributed by atoms with Gasteiger partial charge in [-0.15, -0.1) is 16.4 Å². The highest BCUT2D eigenvalue weighted by atomic mass is 79.9. The molecular formula is C16H16BrFN4S. The molecule has 0 aliphatic heterocycles. The second-order valence-corrected chi connectivity index (χ2v) is 6.72. The van der Waals surface area contributed by atoms with Gasteiger partial charge in [0.1, 0.15) is 5.69 Å². The Morgan fingerprint density at radius 2 is 2.17 bits per heavy atom. The number of benzene rings is 1. The van der Waals surface area contributed by atoms with E-state index >= 15 is 0 Å². The van der Waals surface area contributed by atoms with Gasteiger partial charge in [-0.2, -0.15) is 0 Å². The van der Waals surface area contributed by atoms with Crippen molar-refractivity contribution in [2.45, 2.75) is 32.9 Å². The van der Waals surface area contributed by atoms with Gasteiger partial charge in [0, 0.05) is 9.85 Å². The molecule has 0 aliphatic carbocycles. The molecule has 2 heterocycles. The Morgan fingerprint density at radius 1 is 1.35 bits per heavy atom. The fraction of sp³-hybridized carbons (Fsp3) is 0.312. The van der Waals surface area contributed by atoms with Crippen LogP contribution in [0.15, 0.2) is 33.6 Å². The van der Waals surface area contributed by atoms with Crippen LogP contribution in [-0.4, -0.2) is 19.7 Å². The van der Waals surface area contributed by atoms with Crippen molar-refractivity contribution in [3.8, 4) is 17.2 Å². The number of halogens is 2. The molecule has 0 amide bonds. The van der Waals surface area contributed by atoms with E-state index in [1.807, 2.05) is 23.6 Å². The van der Waals surface area contributed by atoms with Gasteiger partial charge < -0.3 is 0 Å². The first-order valence-electron chi connectivity index (χ1n) is 7.42. The van der Waals surface area contributed by atoms with Crippen LogP contribution in [0, 0.1) is 0 Å². The van der Waals surface area contributed by atoms with E-state index in [1.165, 1.54) is 11.3 Å². The van der Waals surface area contributed by atoms with Gasteiger partial charge in [0.15, 0.2) is 12.0 Å². The summed E-state index contributed by atoms with van der Waals surface area (Å²) in [6.45, 7) is 3.87. The summed E-state index contributed by atoms with van der Waals surface area (Å²) in [7, 11) is 0. The van der Waals surface area contributed by atoms with Gasteiger partial charge in [0.25, 0.3) is 0 Å². The molecule has 4 nitrogen and oxygen atoms in total. The minimum Gasteiger partial charge on any atom is -0.241 e. The standard InChI is InChI=1S/C16H16BrFN4S/c1-3-10-7-11(17)5-6-14(10)22-16(12(18)4-2)20-15(21-22)13-8-23-9-19-13/h5-9,12H,3-4H2,1-2H3. The number of thiazole rings is 1. The molecule has 1 atom stereocenters. The molecule has 2 aromatic heterocycles. The average molecular weight is 395 g/mol. The van der Waals surface area contributed by atoms with E-state index in [1.54, 1.807) is 17.1 Å². The third-order valence-corrected chi connectivity index (χ3v) is 4.66. The molecule has 0 radical (unpaired) electrons. The van der Waals surface area contributed by atoms with E-state index in [0.29, 0.717) is 23.8 Å². The molecule has 3 aromatic rings. The van der Waals surface area contributed by atoms with E-state index < -0.39 is 6.17 Å². The molecule has 1 unspecified atom stereocenters. The summed E-state index contributed by atoms with van der Waals surface area (Å²) < 4.78 is 17.0. The summed E-state index contributed by atoms with van der Waals surface area (Å²) in [6.07, 6.45) is 0.0133. The van der Waals surface area contributed by atoms with Crippen molar-refractivity contribution < 1.29 is 4.39 Å². The highest BCUT2D eigenvalue weighted by Gasteiger charge is 2.22. The highest BCUT2D eigenvalue weighted by Crippen LogP contribution is 2.28. The quantitative estimate of drug-likeness (QED) is 0.601. The number of hydrogen-bond acceptors (Lipinski definition) is 4. The maximum Gasteiger partial charge on any atom is 0.201 e. The van der Waals surface area contributed by atoms with Crippen LogP contribution in [0.25, 0.3) is 17.2 Å². The Bertz CT molecular complexity index is 801. The molecule has 0 fully saturated rings. The molecular weight excluding hydrogens is 379 g/mol. The maximum atomic E-state index is 14.4. The van der Waals surface area contributed by atoms with Crippen LogP contribution < -0.4 is 0 Å². The summed E-state index contributed by atoms with van der Waals surface area (Å²) in [5, 5.41) is 6.39. The lowest BCUT2D eigenvalue weighted by atomic mass is 10.1. The van der Waals surface area contributed by atoms with Crippen LogP contribution in [0.1, 0.15) is 37.8 Å². The summed E-state index contributed by atoms with van der Waals surface area (Å²) >= 11 is 4.95. The number of aromatic nitrogens is 4. The van der Waals surface area contributed by atoms with E-state index in [4.69, 9.17) is 0 Å². The zero-order valence-corrected chi connectivity index (χ0v) is 15.2. The minimum atomic E-state index is -1.16. The molecule has 3 rings (SSSR count). The molecule has 0 N–H and O–H groups in total. The lowest BCUT2D eigenvalue weighted by Crippen LogP contribution is -2.08. The fourth-order valence-corrected chi connectivity index (χ4v) is 3.30. The molecule has 0 saturated carbocycles. The maximum absolute atomic E-state index is 14.4. The van der Waals surface area contributed by atoms with Crippen molar-refractivity contribution in [1.29, 1.82) is 0 Å². The van der Waals surface area contributed by atoms with Crippen molar-refractivity contribution in [1.82, 2.24) is 19.7 Å². The van der Waals surface area contributed by atoms with Crippen molar-refractivity contribution >= 4 is 27.3 Å². The van der Waals surface area contributed by atoms with E-state index in [2.05, 4.69) is 37.9 Å². The summed E-state index contributed by atoms with van der Waals surface area (Å²) in [5.74, 6) is 0.787. The zero-order valence-electron chi connectivity index (χ0n) is 12.8. The van der Waals surface area contributed by atoms with Crippen LogP contribution in [-0.2, 0) is 6.42 Å². The highest BCUT2D eigenvalue weighted by molar-refractivity contribution is 9.10. The van der Waals surface area contributed by atoms with Crippen LogP contribution in [0.3, 0.4) is 0 Å². The predicted octanol–water partition coefficient (Wildman–Crippen LogP) is 5.14. The molecule has 7 heteroatoms. The van der Waals surface area contributed by atoms with Crippen molar-refractivity contribution in [2.75, 3.05) is 0 Å². The van der Waals surface area contributed by atoms with Gasteiger partial charge in [0.2, 0.25) is 5.82 Å². The summed E-state index contributed by atoms with van der Waals surface area (Å²) in [4.78, 5) is 8.63. The summed E-state index contributed by atoms with van der Waals surface area (Å²) in [5.41, 5.74) is 4.34. The van der Waals surface area contributed by atoms with E-state index in [0.717, 1.165) is 22.1 Å². The number of nitrogens with zero attached hydrogens (tertiary/aromatic N) is 4. The van der Waals surface area contributed by atoms with Crippen LogP contribution in [0.2, 0.25) is 0 Å². The van der Waals surface area contributed by atoms with Gasteiger partial charge in [-0.3, -0.25) is 0 Å². The first-order valence-corrected chi connectivity index (χ1v) is 9.16. The van der Waals surface area contributed by atoms with Crippen molar-refractivity contribution in [3.63, 3.8) is 0 Å². The number of alkyl halides is 1. The third-order valence-electron chi connectivity index (χ3n) is 3.58. The predicted molar refractivity (Wildman–Crippen MR) is 93.7 cm³/mol. The minimum absolute atomic E-state index is 0.326. The van der Waals surface area contributed by atoms with Crippen LogP contribution in [0.4, 0.5) is 4.39 Å². The van der Waals surface area contributed by atoms with Gasteiger partial charge in [-0.05, 0) is 36.6 Å². The second kappa shape index (κ2) is 6.88. The molecule has 120 valence electrons. The summed E-state index contributed by atoms with van der Waals surface area (Å²) in [6, 6.07) is 5.90. The van der Waals surface area contributed by atoms with E-state index in [9.17, 15) is 4.39 Å². The van der Waals surface area contributed by atoms with Crippen molar-refractivity contribution in [3.05, 3.63) is 45.0 Å². The zero-order chi connectivity index (χ0) is 16.4. The molecule has 0 aliphatic rings. The van der Waals surface area contributed by atoms with Gasteiger partial charge in [0.05, 0.1) is 11.2 Å². The van der Waals surface area contributed by atoms with Gasteiger partial charge in [-0.1, -0.05) is 29.8 Å².